The highest BCUT2D eigenvalue weighted by Crippen LogP contribution is 2.40. The van der Waals surface area contributed by atoms with Crippen LogP contribution in [0.5, 0.6) is 5.75 Å². The van der Waals surface area contributed by atoms with Crippen molar-refractivity contribution in [2.45, 2.75) is 20.3 Å². The molecule has 3 heterocycles. The summed E-state index contributed by atoms with van der Waals surface area (Å²) in [7, 11) is 0. The molecule has 0 spiro atoms. The van der Waals surface area contributed by atoms with Gasteiger partial charge in [0.25, 0.3) is 0 Å². The van der Waals surface area contributed by atoms with Gasteiger partial charge in [-0.1, -0.05) is 22.0 Å². The number of phenolic OH excluding ortho intramolecular Hbond substituents is 1. The molecule has 0 saturated carbocycles. The fraction of sp³-hybridized carbons (Fsp3) is 0.130. The lowest BCUT2D eigenvalue weighted by Gasteiger charge is -2.12. The second kappa shape index (κ2) is 6.04. The molecule has 5 heteroatoms. The zero-order chi connectivity index (χ0) is 19.6. The van der Waals surface area contributed by atoms with Gasteiger partial charge in [-0.15, -0.1) is 0 Å². The highest BCUT2D eigenvalue weighted by molar-refractivity contribution is 9.10. The third-order valence-electron chi connectivity index (χ3n) is 5.58. The Balaban J connectivity index is 1.98. The predicted molar refractivity (Wildman–Crippen MR) is 116 cm³/mol. The van der Waals surface area contributed by atoms with Crippen molar-refractivity contribution in [3.05, 3.63) is 85.9 Å². The second-order valence-corrected chi connectivity index (χ2v) is 8.17. The summed E-state index contributed by atoms with van der Waals surface area (Å²) in [6.45, 7) is 3.73. The lowest BCUT2D eigenvalue weighted by Crippen LogP contribution is -2.13. The average molecular weight is 433 g/mol. The highest BCUT2D eigenvalue weighted by Gasteiger charge is 2.22. The maximum Gasteiger partial charge on any atom is 0.193 e. The van der Waals surface area contributed by atoms with Crippen LogP contribution in [0.15, 0.2) is 58.2 Å². The van der Waals surface area contributed by atoms with E-state index in [-0.39, 0.29) is 11.2 Å². The third-order valence-corrected chi connectivity index (χ3v) is 6.08. The Hall–Kier alpha value is -2.92. The maximum absolute atomic E-state index is 13.4. The average Bonchev–Trinajstić information content (AvgIpc) is 3.00. The van der Waals surface area contributed by atoms with Crippen molar-refractivity contribution in [1.29, 1.82) is 0 Å². The van der Waals surface area contributed by atoms with E-state index in [9.17, 15) is 9.90 Å². The molecule has 2 aromatic carbocycles. The summed E-state index contributed by atoms with van der Waals surface area (Å²) >= 11 is 3.55. The molecule has 0 radical (unpaired) electrons. The predicted octanol–water partition coefficient (Wildman–Crippen LogP) is 5.11. The second-order valence-electron chi connectivity index (χ2n) is 7.25. The molecular formula is C23H17BrN2O2. The SMILES string of the molecule is Cc1c(O)c(C)c2c3cc(Br)ccc3n3cc(Cc4cccnc4)c(=O)c1c23. The van der Waals surface area contributed by atoms with Crippen LogP contribution < -0.4 is 5.43 Å². The number of aryl methyl sites for hydroxylation is 2. The van der Waals surface area contributed by atoms with Gasteiger partial charge in [-0.05, 0) is 43.7 Å². The van der Waals surface area contributed by atoms with E-state index in [1.807, 2.05) is 50.4 Å². The third kappa shape index (κ3) is 2.29. The lowest BCUT2D eigenvalue weighted by atomic mass is 9.97. The molecule has 0 aliphatic heterocycles. The summed E-state index contributed by atoms with van der Waals surface area (Å²) in [5, 5.41) is 13.3. The molecule has 0 unspecified atom stereocenters. The number of nitrogens with zero attached hydrogens (tertiary/aromatic N) is 2. The fourth-order valence-electron chi connectivity index (χ4n) is 4.24. The molecule has 5 rings (SSSR count). The van der Waals surface area contributed by atoms with Crippen molar-refractivity contribution >= 4 is 43.1 Å². The Morgan fingerprint density at radius 2 is 1.93 bits per heavy atom. The largest absolute Gasteiger partial charge is 0.507 e. The molecule has 3 aromatic heterocycles. The molecule has 0 bridgehead atoms. The Morgan fingerprint density at radius 3 is 2.68 bits per heavy atom. The monoisotopic (exact) mass is 432 g/mol. The van der Waals surface area contributed by atoms with E-state index in [1.54, 1.807) is 12.4 Å². The summed E-state index contributed by atoms with van der Waals surface area (Å²) in [4.78, 5) is 17.6. The molecule has 0 aliphatic rings. The van der Waals surface area contributed by atoms with Crippen molar-refractivity contribution in [1.82, 2.24) is 9.38 Å². The van der Waals surface area contributed by atoms with Gasteiger partial charge in [0.15, 0.2) is 5.43 Å². The number of hydrogen-bond acceptors (Lipinski definition) is 3. The number of aromatic hydroxyl groups is 1. The van der Waals surface area contributed by atoms with Crippen molar-refractivity contribution < 1.29 is 5.11 Å². The molecule has 0 fully saturated rings. The van der Waals surface area contributed by atoms with Gasteiger partial charge in [0.1, 0.15) is 5.75 Å². The smallest absolute Gasteiger partial charge is 0.193 e. The van der Waals surface area contributed by atoms with Crippen LogP contribution in [-0.2, 0) is 6.42 Å². The van der Waals surface area contributed by atoms with Gasteiger partial charge in [0.2, 0.25) is 0 Å². The number of benzene rings is 2. The van der Waals surface area contributed by atoms with E-state index < -0.39 is 0 Å². The first-order valence-corrected chi connectivity index (χ1v) is 9.86. The minimum Gasteiger partial charge on any atom is -0.507 e. The summed E-state index contributed by atoms with van der Waals surface area (Å²) in [6, 6.07) is 9.93. The minimum absolute atomic E-state index is 0.0315. The summed E-state index contributed by atoms with van der Waals surface area (Å²) in [5.74, 6) is 0.192. The van der Waals surface area contributed by atoms with Gasteiger partial charge in [0.05, 0.1) is 16.4 Å². The molecule has 0 atom stereocenters. The van der Waals surface area contributed by atoms with Crippen molar-refractivity contribution in [2.75, 3.05) is 0 Å². The van der Waals surface area contributed by atoms with Crippen LogP contribution in [0, 0.1) is 13.8 Å². The Kier molecular flexibility index (Phi) is 3.71. The van der Waals surface area contributed by atoms with Crippen molar-refractivity contribution in [3.8, 4) is 5.75 Å². The van der Waals surface area contributed by atoms with E-state index in [2.05, 4.69) is 25.3 Å². The zero-order valence-electron chi connectivity index (χ0n) is 15.5. The van der Waals surface area contributed by atoms with E-state index >= 15 is 0 Å². The van der Waals surface area contributed by atoms with Crippen LogP contribution in [0.1, 0.15) is 22.3 Å². The van der Waals surface area contributed by atoms with Crippen LogP contribution in [0.3, 0.4) is 0 Å². The number of hydrogen-bond donors (Lipinski definition) is 1. The summed E-state index contributed by atoms with van der Waals surface area (Å²) < 4.78 is 3.06. The number of fused-ring (bicyclic) bond motifs is 3. The molecule has 1 N–H and O–H groups in total. The van der Waals surface area contributed by atoms with Gasteiger partial charge in [-0.3, -0.25) is 9.78 Å². The molecule has 4 nitrogen and oxygen atoms in total. The Morgan fingerprint density at radius 1 is 1.14 bits per heavy atom. The summed E-state index contributed by atoms with van der Waals surface area (Å²) in [5.41, 5.74) is 4.97. The quantitative estimate of drug-likeness (QED) is 0.421. The summed E-state index contributed by atoms with van der Waals surface area (Å²) in [6.07, 6.45) is 5.94. The van der Waals surface area contributed by atoms with Crippen molar-refractivity contribution in [2.24, 2.45) is 0 Å². The van der Waals surface area contributed by atoms with Crippen LogP contribution >= 0.6 is 15.9 Å². The molecule has 0 saturated heterocycles. The van der Waals surface area contributed by atoms with Gasteiger partial charge in [-0.2, -0.15) is 0 Å². The van der Waals surface area contributed by atoms with Gasteiger partial charge in [-0.25, -0.2) is 0 Å². The number of pyridine rings is 2. The molecule has 138 valence electrons. The standard InChI is InChI=1S/C23H17BrN2O2/c1-12-19-17-9-16(24)5-6-18(17)26-11-15(8-14-4-3-7-25-10-14)23(28)20(21(19)26)13(2)22(12)27/h3-7,9-11,27H,8H2,1-2H3. The minimum atomic E-state index is -0.0315. The van der Waals surface area contributed by atoms with Crippen molar-refractivity contribution in [3.63, 3.8) is 0 Å². The topological polar surface area (TPSA) is 54.6 Å². The number of phenols is 1. The number of aromatic nitrogens is 2. The maximum atomic E-state index is 13.4. The van der Waals surface area contributed by atoms with Crippen LogP contribution in [-0.4, -0.2) is 14.5 Å². The molecule has 5 aromatic rings. The molecule has 0 aliphatic carbocycles. The number of rotatable bonds is 2. The highest BCUT2D eigenvalue weighted by atomic mass is 79.9. The van der Waals surface area contributed by atoms with Gasteiger partial charge >= 0.3 is 0 Å². The first-order chi connectivity index (χ1) is 13.5. The lowest BCUT2D eigenvalue weighted by molar-refractivity contribution is 0.469. The van der Waals surface area contributed by atoms with E-state index in [1.165, 1.54) is 0 Å². The molecule has 28 heavy (non-hydrogen) atoms. The Labute approximate surface area is 169 Å². The van der Waals surface area contributed by atoms with E-state index in [4.69, 9.17) is 0 Å². The molecule has 0 amide bonds. The molecular weight excluding hydrogens is 416 g/mol. The van der Waals surface area contributed by atoms with E-state index in [0.717, 1.165) is 37.4 Å². The first kappa shape index (κ1) is 17.2. The zero-order valence-corrected chi connectivity index (χ0v) is 17.0. The van der Waals surface area contributed by atoms with Crippen LogP contribution in [0.2, 0.25) is 0 Å². The first-order valence-electron chi connectivity index (χ1n) is 9.07. The van der Waals surface area contributed by atoms with Gasteiger partial charge < -0.3 is 9.51 Å². The fourth-order valence-corrected chi connectivity index (χ4v) is 4.60. The van der Waals surface area contributed by atoms with Crippen LogP contribution in [0.4, 0.5) is 0 Å². The number of halogens is 1. The van der Waals surface area contributed by atoms with Gasteiger partial charge in [0, 0.05) is 56.9 Å². The van der Waals surface area contributed by atoms with Crippen LogP contribution in [0.25, 0.3) is 27.2 Å². The Bertz CT molecular complexity index is 1440. The normalized spacial score (nSPS) is 11.8. The van der Waals surface area contributed by atoms with E-state index in [0.29, 0.717) is 22.9 Å².